The molecule has 1 aromatic heterocycles. The number of aromatic nitrogens is 1. The second-order valence-electron chi connectivity index (χ2n) is 4.32. The van der Waals surface area contributed by atoms with Crippen molar-refractivity contribution >= 4 is 34.8 Å². The molecular weight excluding hydrogens is 302 g/mol. The number of pyridine rings is 1. The lowest BCUT2D eigenvalue weighted by Crippen LogP contribution is -2.15. The fraction of sp³-hybridized carbons (Fsp3) is 0.143. The highest BCUT2D eigenvalue weighted by molar-refractivity contribution is 6.35. The fourth-order valence-corrected chi connectivity index (χ4v) is 2.33. The first-order valence-corrected chi connectivity index (χ1v) is 6.55. The van der Waals surface area contributed by atoms with Gasteiger partial charge in [-0.15, -0.1) is 0 Å². The Kier molecular flexibility index (Phi) is 4.26. The number of anilines is 1. The number of rotatable bonds is 2. The van der Waals surface area contributed by atoms with E-state index in [1.54, 1.807) is 32.0 Å². The molecule has 0 saturated heterocycles. The predicted octanol–water partition coefficient (Wildman–Crippen LogP) is 4.40. The molecule has 2 aromatic rings. The van der Waals surface area contributed by atoms with Gasteiger partial charge in [0.25, 0.3) is 5.91 Å². The van der Waals surface area contributed by atoms with Gasteiger partial charge >= 0.3 is 0 Å². The molecule has 104 valence electrons. The topological polar surface area (TPSA) is 42.0 Å². The van der Waals surface area contributed by atoms with Crippen molar-refractivity contribution in [3.8, 4) is 0 Å². The lowest BCUT2D eigenvalue weighted by molar-refractivity contribution is 0.102. The molecule has 0 aliphatic heterocycles. The van der Waals surface area contributed by atoms with E-state index in [0.29, 0.717) is 16.8 Å². The van der Waals surface area contributed by atoms with Crippen LogP contribution in [-0.2, 0) is 0 Å². The number of carbonyl (C=O) groups excluding carboxylic acids is 1. The van der Waals surface area contributed by atoms with Gasteiger partial charge in [0.05, 0.1) is 11.3 Å². The summed E-state index contributed by atoms with van der Waals surface area (Å²) in [6, 6.07) is 6.18. The molecule has 0 unspecified atom stereocenters. The molecular formula is C14H11Cl2FN2O. The number of nitrogens with zero attached hydrogens (tertiary/aromatic N) is 1. The third-order valence-corrected chi connectivity index (χ3v) is 3.28. The molecule has 1 heterocycles. The van der Waals surface area contributed by atoms with E-state index in [1.807, 2.05) is 0 Å². The summed E-state index contributed by atoms with van der Waals surface area (Å²) in [5, 5.41) is 2.85. The number of hydrogen-bond donors (Lipinski definition) is 1. The van der Waals surface area contributed by atoms with Crippen LogP contribution >= 0.6 is 23.2 Å². The van der Waals surface area contributed by atoms with E-state index in [4.69, 9.17) is 23.2 Å². The largest absolute Gasteiger partial charge is 0.319 e. The molecule has 0 spiro atoms. The third-order valence-electron chi connectivity index (χ3n) is 2.82. The SMILES string of the molecule is Cc1cccc(C(=O)Nc2c(C)cc(Cl)nc2Cl)c1F. The Balaban J connectivity index is 2.36. The number of carbonyl (C=O) groups is 1. The summed E-state index contributed by atoms with van der Waals surface area (Å²) in [5.41, 5.74) is 1.32. The van der Waals surface area contributed by atoms with Crippen molar-refractivity contribution in [2.45, 2.75) is 13.8 Å². The van der Waals surface area contributed by atoms with Crippen LogP contribution in [0.3, 0.4) is 0 Å². The van der Waals surface area contributed by atoms with Gasteiger partial charge in [0, 0.05) is 0 Å². The number of nitrogens with one attached hydrogen (secondary N) is 1. The summed E-state index contributed by atoms with van der Waals surface area (Å²) in [7, 11) is 0. The van der Waals surface area contributed by atoms with Gasteiger partial charge in [-0.05, 0) is 37.1 Å². The third kappa shape index (κ3) is 2.92. The lowest BCUT2D eigenvalue weighted by Gasteiger charge is -2.11. The van der Waals surface area contributed by atoms with E-state index in [-0.39, 0.29) is 15.9 Å². The Morgan fingerprint density at radius 1 is 1.25 bits per heavy atom. The van der Waals surface area contributed by atoms with Gasteiger partial charge in [0.15, 0.2) is 5.15 Å². The molecule has 0 saturated carbocycles. The molecule has 0 radical (unpaired) electrons. The minimum atomic E-state index is -0.583. The standard InChI is InChI=1S/C14H11Cl2FN2O/c1-7-4-3-5-9(11(7)17)14(20)19-12-8(2)6-10(15)18-13(12)16/h3-6H,1-2H3,(H,19,20). The first-order valence-electron chi connectivity index (χ1n) is 5.79. The second kappa shape index (κ2) is 5.77. The Labute approximate surface area is 125 Å². The average Bonchev–Trinajstić information content (AvgIpc) is 2.36. The molecule has 6 heteroatoms. The zero-order chi connectivity index (χ0) is 14.9. The smallest absolute Gasteiger partial charge is 0.258 e. The van der Waals surface area contributed by atoms with Crippen LogP contribution in [0.4, 0.5) is 10.1 Å². The van der Waals surface area contributed by atoms with Gasteiger partial charge in [-0.2, -0.15) is 0 Å². The van der Waals surface area contributed by atoms with Crippen molar-refractivity contribution in [2.75, 3.05) is 5.32 Å². The maximum atomic E-state index is 13.9. The summed E-state index contributed by atoms with van der Waals surface area (Å²) < 4.78 is 13.9. The van der Waals surface area contributed by atoms with Gasteiger partial charge in [-0.1, -0.05) is 35.3 Å². The Bertz CT molecular complexity index is 666. The number of aryl methyl sites for hydroxylation is 2. The summed E-state index contributed by atoms with van der Waals surface area (Å²) in [4.78, 5) is 15.9. The van der Waals surface area contributed by atoms with Crippen LogP contribution in [0, 0.1) is 19.7 Å². The molecule has 1 N–H and O–H groups in total. The molecule has 3 nitrogen and oxygen atoms in total. The van der Waals surface area contributed by atoms with Gasteiger partial charge in [0.2, 0.25) is 0 Å². The predicted molar refractivity (Wildman–Crippen MR) is 78.1 cm³/mol. The highest BCUT2D eigenvalue weighted by atomic mass is 35.5. The Morgan fingerprint density at radius 2 is 1.95 bits per heavy atom. The van der Waals surface area contributed by atoms with E-state index >= 15 is 0 Å². The van der Waals surface area contributed by atoms with Crippen molar-refractivity contribution in [3.05, 3.63) is 57.1 Å². The number of benzene rings is 1. The quantitative estimate of drug-likeness (QED) is 0.835. The molecule has 0 aliphatic carbocycles. The summed E-state index contributed by atoms with van der Waals surface area (Å²) in [6.45, 7) is 3.32. The van der Waals surface area contributed by atoms with Crippen LogP contribution in [-0.4, -0.2) is 10.9 Å². The molecule has 20 heavy (non-hydrogen) atoms. The second-order valence-corrected chi connectivity index (χ2v) is 5.06. The van der Waals surface area contributed by atoms with Crippen molar-refractivity contribution in [2.24, 2.45) is 0 Å². The van der Waals surface area contributed by atoms with Gasteiger partial charge in [-0.25, -0.2) is 9.37 Å². The normalized spacial score (nSPS) is 10.4. The van der Waals surface area contributed by atoms with Crippen molar-refractivity contribution in [1.82, 2.24) is 4.98 Å². The zero-order valence-corrected chi connectivity index (χ0v) is 12.3. The van der Waals surface area contributed by atoms with Crippen molar-refractivity contribution in [1.29, 1.82) is 0 Å². The first kappa shape index (κ1) is 14.8. The van der Waals surface area contributed by atoms with Crippen LogP contribution < -0.4 is 5.32 Å². The summed E-state index contributed by atoms with van der Waals surface area (Å²) >= 11 is 11.7. The molecule has 0 bridgehead atoms. The highest BCUT2D eigenvalue weighted by Crippen LogP contribution is 2.27. The monoisotopic (exact) mass is 312 g/mol. The van der Waals surface area contributed by atoms with Crippen LogP contribution in [0.2, 0.25) is 10.3 Å². The lowest BCUT2D eigenvalue weighted by atomic mass is 10.1. The van der Waals surface area contributed by atoms with Crippen LogP contribution in [0.5, 0.6) is 0 Å². The van der Waals surface area contributed by atoms with Gasteiger partial charge in [-0.3, -0.25) is 4.79 Å². The van der Waals surface area contributed by atoms with Crippen molar-refractivity contribution in [3.63, 3.8) is 0 Å². The minimum Gasteiger partial charge on any atom is -0.319 e. The molecule has 0 fully saturated rings. The van der Waals surface area contributed by atoms with Gasteiger partial charge in [0.1, 0.15) is 11.0 Å². The van der Waals surface area contributed by atoms with Gasteiger partial charge < -0.3 is 5.32 Å². The molecule has 1 aromatic carbocycles. The molecule has 1 amide bonds. The maximum Gasteiger partial charge on any atom is 0.258 e. The first-order chi connectivity index (χ1) is 9.40. The zero-order valence-electron chi connectivity index (χ0n) is 10.8. The Hall–Kier alpha value is -1.65. The maximum absolute atomic E-state index is 13.9. The fourth-order valence-electron chi connectivity index (χ4n) is 1.75. The highest BCUT2D eigenvalue weighted by Gasteiger charge is 2.16. The molecule has 0 atom stereocenters. The van der Waals surface area contributed by atoms with E-state index in [2.05, 4.69) is 10.3 Å². The average molecular weight is 313 g/mol. The van der Waals surface area contributed by atoms with E-state index in [9.17, 15) is 9.18 Å². The number of halogens is 3. The van der Waals surface area contributed by atoms with Crippen LogP contribution in [0.15, 0.2) is 24.3 Å². The van der Waals surface area contributed by atoms with Crippen molar-refractivity contribution < 1.29 is 9.18 Å². The van der Waals surface area contributed by atoms with E-state index in [1.165, 1.54) is 6.07 Å². The Morgan fingerprint density at radius 3 is 2.60 bits per heavy atom. The molecule has 0 aliphatic rings. The minimum absolute atomic E-state index is 0.0459. The van der Waals surface area contributed by atoms with E-state index in [0.717, 1.165) is 0 Å². The number of amides is 1. The summed E-state index contributed by atoms with van der Waals surface area (Å²) in [6.07, 6.45) is 0. The van der Waals surface area contributed by atoms with Crippen LogP contribution in [0.1, 0.15) is 21.5 Å². The molecule has 2 rings (SSSR count). The summed E-state index contributed by atoms with van der Waals surface area (Å²) in [5.74, 6) is -1.14. The van der Waals surface area contributed by atoms with E-state index < -0.39 is 11.7 Å². The van der Waals surface area contributed by atoms with Crippen LogP contribution in [0.25, 0.3) is 0 Å². The number of hydrogen-bond acceptors (Lipinski definition) is 2.